The van der Waals surface area contributed by atoms with E-state index >= 15 is 0 Å². The molecule has 0 aliphatic carbocycles. The lowest BCUT2D eigenvalue weighted by atomic mass is 10.0. The highest BCUT2D eigenvalue weighted by molar-refractivity contribution is 5.97. The highest BCUT2D eigenvalue weighted by Gasteiger charge is 2.13. The predicted octanol–water partition coefficient (Wildman–Crippen LogP) is 5.25. The van der Waals surface area contributed by atoms with Crippen molar-refractivity contribution in [2.45, 2.75) is 33.6 Å². The molecule has 0 fully saturated rings. The molecule has 0 saturated heterocycles. The third-order valence-corrected chi connectivity index (χ3v) is 3.39. The van der Waals surface area contributed by atoms with Gasteiger partial charge in [0.05, 0.1) is 5.56 Å². The van der Waals surface area contributed by atoms with Crippen molar-refractivity contribution in [1.29, 1.82) is 0 Å². The molecule has 0 bridgehead atoms. The molecule has 21 heavy (non-hydrogen) atoms. The van der Waals surface area contributed by atoms with Gasteiger partial charge in [0.1, 0.15) is 17.3 Å². The summed E-state index contributed by atoms with van der Waals surface area (Å²) in [5.74, 6) is 0.806. The van der Waals surface area contributed by atoms with Crippen molar-refractivity contribution in [3.63, 3.8) is 0 Å². The summed E-state index contributed by atoms with van der Waals surface area (Å²) < 4.78 is 19.4. The van der Waals surface area contributed by atoms with Crippen LogP contribution in [0.1, 0.15) is 48.2 Å². The molecule has 0 radical (unpaired) electrons. The number of hydrogen-bond acceptors (Lipinski definition) is 2. The third kappa shape index (κ3) is 3.48. The van der Waals surface area contributed by atoms with Crippen LogP contribution in [0.25, 0.3) is 0 Å². The number of aryl methyl sites for hydroxylation is 1. The maximum Gasteiger partial charge on any atom is 0.163 e. The van der Waals surface area contributed by atoms with Gasteiger partial charge in [0.2, 0.25) is 0 Å². The zero-order valence-electron chi connectivity index (χ0n) is 12.7. The molecule has 0 N–H and O–H groups in total. The van der Waals surface area contributed by atoms with E-state index in [9.17, 15) is 9.18 Å². The Bertz CT molecular complexity index is 675. The first-order chi connectivity index (χ1) is 9.88. The minimum Gasteiger partial charge on any atom is -0.457 e. The minimum atomic E-state index is -0.400. The first-order valence-corrected chi connectivity index (χ1v) is 6.97. The van der Waals surface area contributed by atoms with Gasteiger partial charge in [-0.1, -0.05) is 26.0 Å². The number of ketones is 1. The molecule has 2 aromatic carbocycles. The lowest BCUT2D eigenvalue weighted by Gasteiger charge is -2.13. The number of carbonyl (C=O) groups excluding carboxylic acids is 1. The van der Waals surface area contributed by atoms with E-state index in [1.807, 2.05) is 24.3 Å². The first kappa shape index (κ1) is 15.2. The van der Waals surface area contributed by atoms with Crippen LogP contribution in [0.2, 0.25) is 0 Å². The van der Waals surface area contributed by atoms with Gasteiger partial charge in [0.15, 0.2) is 5.78 Å². The Morgan fingerprint density at radius 2 is 1.90 bits per heavy atom. The largest absolute Gasteiger partial charge is 0.457 e. The maximum absolute atomic E-state index is 13.6. The van der Waals surface area contributed by atoms with Gasteiger partial charge in [0.25, 0.3) is 0 Å². The summed E-state index contributed by atoms with van der Waals surface area (Å²) >= 11 is 0. The molecule has 2 aromatic rings. The van der Waals surface area contributed by atoms with Gasteiger partial charge in [-0.05, 0) is 55.2 Å². The maximum atomic E-state index is 13.6. The van der Waals surface area contributed by atoms with Crippen molar-refractivity contribution in [2.75, 3.05) is 0 Å². The van der Waals surface area contributed by atoms with Gasteiger partial charge in [-0.25, -0.2) is 4.39 Å². The second-order valence-electron chi connectivity index (χ2n) is 5.48. The van der Waals surface area contributed by atoms with Gasteiger partial charge in [0, 0.05) is 0 Å². The van der Waals surface area contributed by atoms with E-state index in [0.29, 0.717) is 23.0 Å². The molecule has 0 heterocycles. The fourth-order valence-electron chi connectivity index (χ4n) is 2.08. The molecule has 0 aliphatic heterocycles. The zero-order valence-corrected chi connectivity index (χ0v) is 12.7. The molecule has 110 valence electrons. The Hall–Kier alpha value is -2.16. The fraction of sp³-hybridized carbons (Fsp3) is 0.278. The molecule has 0 atom stereocenters. The molecule has 0 aliphatic rings. The van der Waals surface area contributed by atoms with E-state index in [0.717, 1.165) is 5.56 Å². The first-order valence-electron chi connectivity index (χ1n) is 6.97. The van der Waals surface area contributed by atoms with Crippen LogP contribution in [-0.2, 0) is 0 Å². The van der Waals surface area contributed by atoms with Crippen molar-refractivity contribution in [2.24, 2.45) is 0 Å². The molecule has 0 unspecified atom stereocenters. The molecule has 0 aromatic heterocycles. The van der Waals surface area contributed by atoms with Gasteiger partial charge in [-0.3, -0.25) is 4.79 Å². The lowest BCUT2D eigenvalue weighted by molar-refractivity contribution is 0.101. The van der Waals surface area contributed by atoms with Crippen molar-refractivity contribution < 1.29 is 13.9 Å². The predicted molar refractivity (Wildman–Crippen MR) is 81.7 cm³/mol. The third-order valence-electron chi connectivity index (χ3n) is 3.39. The summed E-state index contributed by atoms with van der Waals surface area (Å²) in [5.41, 5.74) is 1.86. The SMILES string of the molecule is CC(=O)c1cc(F)c(C)cc1Oc1cccc(C(C)C)c1. The summed E-state index contributed by atoms with van der Waals surface area (Å²) in [4.78, 5) is 11.6. The second-order valence-corrected chi connectivity index (χ2v) is 5.48. The fourth-order valence-corrected chi connectivity index (χ4v) is 2.08. The Morgan fingerprint density at radius 3 is 2.52 bits per heavy atom. The van der Waals surface area contributed by atoms with Crippen LogP contribution in [0.15, 0.2) is 36.4 Å². The van der Waals surface area contributed by atoms with Crippen LogP contribution >= 0.6 is 0 Å². The van der Waals surface area contributed by atoms with E-state index in [4.69, 9.17) is 4.74 Å². The molecule has 0 saturated carbocycles. The number of rotatable bonds is 4. The highest BCUT2D eigenvalue weighted by Crippen LogP contribution is 2.30. The van der Waals surface area contributed by atoms with Crippen LogP contribution in [0.5, 0.6) is 11.5 Å². The van der Waals surface area contributed by atoms with E-state index in [1.165, 1.54) is 13.0 Å². The van der Waals surface area contributed by atoms with E-state index in [2.05, 4.69) is 13.8 Å². The molecule has 2 rings (SSSR count). The summed E-state index contributed by atoms with van der Waals surface area (Å²) in [6.45, 7) is 7.25. The normalized spacial score (nSPS) is 10.8. The lowest BCUT2D eigenvalue weighted by Crippen LogP contribution is -2.00. The quantitative estimate of drug-likeness (QED) is 0.717. The van der Waals surface area contributed by atoms with Crippen LogP contribution < -0.4 is 4.74 Å². The molecular weight excluding hydrogens is 267 g/mol. The van der Waals surface area contributed by atoms with Crippen LogP contribution in [0.4, 0.5) is 4.39 Å². The molecule has 0 spiro atoms. The van der Waals surface area contributed by atoms with E-state index in [1.54, 1.807) is 13.0 Å². The highest BCUT2D eigenvalue weighted by atomic mass is 19.1. The van der Waals surface area contributed by atoms with Crippen LogP contribution in [-0.4, -0.2) is 5.78 Å². The minimum absolute atomic E-state index is 0.219. The Morgan fingerprint density at radius 1 is 1.19 bits per heavy atom. The van der Waals surface area contributed by atoms with Crippen molar-refractivity contribution >= 4 is 5.78 Å². The van der Waals surface area contributed by atoms with Crippen LogP contribution in [0.3, 0.4) is 0 Å². The molecular formula is C18H19FO2. The average molecular weight is 286 g/mol. The Balaban J connectivity index is 2.41. The average Bonchev–Trinajstić information content (AvgIpc) is 2.42. The van der Waals surface area contributed by atoms with Gasteiger partial charge in [-0.15, -0.1) is 0 Å². The van der Waals surface area contributed by atoms with Gasteiger partial charge in [-0.2, -0.15) is 0 Å². The van der Waals surface area contributed by atoms with E-state index < -0.39 is 5.82 Å². The Kier molecular flexibility index (Phi) is 4.41. The molecule has 0 amide bonds. The number of Topliss-reactive ketones (excluding diaryl/α,β-unsaturated/α-hetero) is 1. The topological polar surface area (TPSA) is 26.3 Å². The Labute approximate surface area is 124 Å². The molecule has 3 heteroatoms. The van der Waals surface area contributed by atoms with Crippen molar-refractivity contribution in [1.82, 2.24) is 0 Å². The molecule has 2 nitrogen and oxygen atoms in total. The van der Waals surface area contributed by atoms with Gasteiger partial charge < -0.3 is 4.74 Å². The number of carbonyl (C=O) groups is 1. The smallest absolute Gasteiger partial charge is 0.163 e. The van der Waals surface area contributed by atoms with Gasteiger partial charge >= 0.3 is 0 Å². The number of halogens is 1. The standard InChI is InChI=1S/C18H19FO2/c1-11(2)14-6-5-7-15(9-14)21-18-8-12(3)17(19)10-16(18)13(4)20/h5-11H,1-4H3. The number of hydrogen-bond donors (Lipinski definition) is 0. The number of benzene rings is 2. The van der Waals surface area contributed by atoms with Crippen LogP contribution in [0, 0.1) is 12.7 Å². The van der Waals surface area contributed by atoms with Crippen molar-refractivity contribution in [3.8, 4) is 11.5 Å². The summed E-state index contributed by atoms with van der Waals surface area (Å²) in [5, 5.41) is 0. The second kappa shape index (κ2) is 6.08. The zero-order chi connectivity index (χ0) is 15.6. The monoisotopic (exact) mass is 286 g/mol. The summed E-state index contributed by atoms with van der Waals surface area (Å²) in [7, 11) is 0. The van der Waals surface area contributed by atoms with Crippen molar-refractivity contribution in [3.05, 3.63) is 58.9 Å². The summed E-state index contributed by atoms with van der Waals surface area (Å²) in [6.07, 6.45) is 0. The summed E-state index contributed by atoms with van der Waals surface area (Å²) in [6, 6.07) is 10.5. The number of ether oxygens (including phenoxy) is 1. The van der Waals surface area contributed by atoms with E-state index in [-0.39, 0.29) is 11.3 Å².